The fourth-order valence-corrected chi connectivity index (χ4v) is 4.32. The van der Waals surface area contributed by atoms with Crippen LogP contribution < -0.4 is 4.90 Å². The van der Waals surface area contributed by atoms with Crippen molar-refractivity contribution in [3.8, 4) is 17.3 Å². The summed E-state index contributed by atoms with van der Waals surface area (Å²) in [6.45, 7) is 3.17. The first-order chi connectivity index (χ1) is 15.9. The first-order valence-corrected chi connectivity index (χ1v) is 11.3. The summed E-state index contributed by atoms with van der Waals surface area (Å²) in [6, 6.07) is 14.5. The van der Waals surface area contributed by atoms with E-state index >= 15 is 0 Å². The lowest BCUT2D eigenvalue weighted by molar-refractivity contribution is -0.384. The van der Waals surface area contributed by atoms with Crippen molar-refractivity contribution in [1.82, 2.24) is 14.9 Å². The van der Waals surface area contributed by atoms with E-state index in [9.17, 15) is 19.8 Å². The van der Waals surface area contributed by atoms with Crippen LogP contribution in [-0.4, -0.2) is 53.0 Å². The van der Waals surface area contributed by atoms with Gasteiger partial charge in [0.25, 0.3) is 5.69 Å². The largest absolute Gasteiger partial charge is 0.353 e. The summed E-state index contributed by atoms with van der Waals surface area (Å²) in [6.07, 6.45) is 0. The van der Waals surface area contributed by atoms with Crippen LogP contribution >= 0.6 is 11.8 Å². The molecule has 1 fully saturated rings. The molecule has 8 nitrogen and oxygen atoms in total. The molecule has 1 aliphatic rings. The molecule has 3 aromatic rings. The van der Waals surface area contributed by atoms with E-state index in [0.29, 0.717) is 33.5 Å². The molecule has 2 aromatic carbocycles. The molecular formula is C23H21FN6O2S. The van der Waals surface area contributed by atoms with E-state index in [1.165, 1.54) is 36.0 Å². The van der Waals surface area contributed by atoms with Crippen molar-refractivity contribution in [2.24, 2.45) is 0 Å². The van der Waals surface area contributed by atoms with Gasteiger partial charge in [-0.05, 0) is 36.9 Å². The van der Waals surface area contributed by atoms with Crippen molar-refractivity contribution in [2.75, 3.05) is 38.1 Å². The van der Waals surface area contributed by atoms with Gasteiger partial charge in [-0.2, -0.15) is 5.26 Å². The van der Waals surface area contributed by atoms with Crippen LogP contribution in [-0.2, 0) is 5.75 Å². The quantitative estimate of drug-likeness (QED) is 0.233. The van der Waals surface area contributed by atoms with Crippen LogP contribution in [0.15, 0.2) is 53.7 Å². The third kappa shape index (κ3) is 5.27. The highest BCUT2D eigenvalue weighted by atomic mass is 32.2. The van der Waals surface area contributed by atoms with Gasteiger partial charge in [-0.15, -0.1) is 0 Å². The predicted molar refractivity (Wildman–Crippen MR) is 125 cm³/mol. The summed E-state index contributed by atoms with van der Waals surface area (Å²) >= 11 is 1.39. The number of nitro groups is 1. The van der Waals surface area contributed by atoms with Crippen LogP contribution in [0, 0.1) is 27.3 Å². The summed E-state index contributed by atoms with van der Waals surface area (Å²) in [4.78, 5) is 24.1. The van der Waals surface area contributed by atoms with Crippen molar-refractivity contribution >= 4 is 23.3 Å². The second kappa shape index (κ2) is 9.94. The van der Waals surface area contributed by atoms with E-state index < -0.39 is 4.92 Å². The smallest absolute Gasteiger partial charge is 0.269 e. The maximum absolute atomic E-state index is 13.5. The SMILES string of the molecule is CN1CCN(c2nc(SCc3ccc([N+](=O)[O-])cc3)nc(-c3ccc(F)cc3)c2C#N)CC1. The molecule has 0 atom stereocenters. The van der Waals surface area contributed by atoms with Crippen molar-refractivity contribution in [3.63, 3.8) is 0 Å². The molecule has 0 bridgehead atoms. The van der Waals surface area contributed by atoms with Crippen molar-refractivity contribution in [1.29, 1.82) is 5.26 Å². The third-order valence-corrected chi connectivity index (χ3v) is 6.34. The number of piperazine rings is 1. The Labute approximate surface area is 194 Å². The summed E-state index contributed by atoms with van der Waals surface area (Å²) in [5.74, 6) is 0.721. The van der Waals surface area contributed by atoms with Gasteiger partial charge < -0.3 is 9.80 Å². The minimum atomic E-state index is -0.433. The zero-order valence-corrected chi connectivity index (χ0v) is 18.8. The molecule has 168 valence electrons. The number of nitrogens with zero attached hydrogens (tertiary/aromatic N) is 6. The van der Waals surface area contributed by atoms with Crippen LogP contribution in [0.4, 0.5) is 15.9 Å². The number of nitro benzene ring substituents is 1. The van der Waals surface area contributed by atoms with Crippen molar-refractivity contribution in [3.05, 3.63) is 75.6 Å². The molecule has 0 unspecified atom stereocenters. The van der Waals surface area contributed by atoms with E-state index in [-0.39, 0.29) is 11.5 Å². The molecule has 1 saturated heterocycles. The Morgan fingerprint density at radius 1 is 1.09 bits per heavy atom. The lowest BCUT2D eigenvalue weighted by Gasteiger charge is -2.34. The van der Waals surface area contributed by atoms with Crippen LogP contribution in [0.25, 0.3) is 11.3 Å². The molecule has 0 saturated carbocycles. The number of non-ortho nitro benzene ring substituents is 1. The lowest BCUT2D eigenvalue weighted by atomic mass is 10.1. The number of benzene rings is 2. The standard InChI is InChI=1S/C23H21FN6O2S/c1-28-10-12-29(13-11-28)22-20(14-25)21(17-4-6-18(24)7-5-17)26-23(27-22)33-15-16-2-8-19(9-3-16)30(31)32/h2-9H,10-13,15H2,1H3. The zero-order valence-electron chi connectivity index (χ0n) is 17.9. The van der Waals surface area contributed by atoms with Crippen LogP contribution in [0.3, 0.4) is 0 Å². The van der Waals surface area contributed by atoms with Crippen LogP contribution in [0.5, 0.6) is 0 Å². The van der Waals surface area contributed by atoms with Crippen LogP contribution in [0.1, 0.15) is 11.1 Å². The van der Waals surface area contributed by atoms with Gasteiger partial charge in [0.1, 0.15) is 17.4 Å². The van der Waals surface area contributed by atoms with Gasteiger partial charge in [0.2, 0.25) is 0 Å². The first-order valence-electron chi connectivity index (χ1n) is 10.3. The number of likely N-dealkylation sites (N-methyl/N-ethyl adjacent to an activating group) is 1. The molecule has 33 heavy (non-hydrogen) atoms. The minimum Gasteiger partial charge on any atom is -0.353 e. The van der Waals surface area contributed by atoms with Gasteiger partial charge in [0.05, 0.1) is 10.6 Å². The Balaban J connectivity index is 1.69. The van der Waals surface area contributed by atoms with Gasteiger partial charge in [0.15, 0.2) is 11.0 Å². The number of hydrogen-bond acceptors (Lipinski definition) is 8. The number of halogens is 1. The predicted octanol–water partition coefficient (Wildman–Crippen LogP) is 4.11. The average molecular weight is 465 g/mol. The van der Waals surface area contributed by atoms with Gasteiger partial charge in [-0.3, -0.25) is 10.1 Å². The molecule has 0 aliphatic carbocycles. The Kier molecular flexibility index (Phi) is 6.82. The molecule has 0 spiro atoms. The van der Waals surface area contributed by atoms with Crippen LogP contribution in [0.2, 0.25) is 0 Å². The van der Waals surface area contributed by atoms with Gasteiger partial charge in [0, 0.05) is 49.6 Å². The third-order valence-electron chi connectivity index (χ3n) is 5.42. The van der Waals surface area contributed by atoms with Crippen molar-refractivity contribution < 1.29 is 9.31 Å². The Hall–Kier alpha value is -3.55. The molecule has 10 heteroatoms. The number of rotatable bonds is 6. The molecule has 0 amide bonds. The van der Waals surface area contributed by atoms with E-state index in [1.54, 1.807) is 24.3 Å². The average Bonchev–Trinajstić information content (AvgIpc) is 2.83. The normalized spacial score (nSPS) is 14.2. The minimum absolute atomic E-state index is 0.0364. The second-order valence-corrected chi connectivity index (χ2v) is 8.62. The monoisotopic (exact) mass is 464 g/mol. The van der Waals surface area contributed by atoms with E-state index in [2.05, 4.69) is 27.9 Å². The molecule has 0 radical (unpaired) electrons. The summed E-state index contributed by atoms with van der Waals surface area (Å²) < 4.78 is 13.5. The maximum Gasteiger partial charge on any atom is 0.269 e. The van der Waals surface area contributed by atoms with Gasteiger partial charge in [-0.25, -0.2) is 14.4 Å². The Morgan fingerprint density at radius 2 is 1.76 bits per heavy atom. The van der Waals surface area contributed by atoms with Gasteiger partial charge >= 0.3 is 0 Å². The van der Waals surface area contributed by atoms with Crippen molar-refractivity contribution in [2.45, 2.75) is 10.9 Å². The molecule has 1 aromatic heterocycles. The first kappa shape index (κ1) is 22.6. The van der Waals surface area contributed by atoms with Gasteiger partial charge in [-0.1, -0.05) is 23.9 Å². The highest BCUT2D eigenvalue weighted by Gasteiger charge is 2.23. The Morgan fingerprint density at radius 3 is 2.36 bits per heavy atom. The number of nitriles is 1. The number of hydrogen-bond donors (Lipinski definition) is 0. The topological polar surface area (TPSA) is 99.2 Å². The molecule has 0 N–H and O–H groups in total. The van der Waals surface area contributed by atoms with E-state index in [0.717, 1.165) is 31.7 Å². The number of aromatic nitrogens is 2. The fraction of sp³-hybridized carbons (Fsp3) is 0.261. The molecular weight excluding hydrogens is 443 g/mol. The summed E-state index contributed by atoms with van der Waals surface area (Å²) in [7, 11) is 2.05. The molecule has 4 rings (SSSR count). The lowest BCUT2D eigenvalue weighted by Crippen LogP contribution is -2.45. The zero-order chi connectivity index (χ0) is 23.4. The highest BCUT2D eigenvalue weighted by molar-refractivity contribution is 7.98. The maximum atomic E-state index is 13.5. The fourth-order valence-electron chi connectivity index (χ4n) is 3.52. The number of anilines is 1. The Bertz CT molecular complexity index is 1190. The summed E-state index contributed by atoms with van der Waals surface area (Å²) in [5, 5.41) is 21.3. The van der Waals surface area contributed by atoms with E-state index in [4.69, 9.17) is 4.98 Å². The number of thioether (sulfide) groups is 1. The van der Waals surface area contributed by atoms with E-state index in [1.807, 2.05) is 0 Å². The summed E-state index contributed by atoms with van der Waals surface area (Å²) in [5.41, 5.74) is 2.40. The molecule has 1 aliphatic heterocycles. The molecule has 2 heterocycles. The highest BCUT2D eigenvalue weighted by Crippen LogP contribution is 2.32. The second-order valence-electron chi connectivity index (χ2n) is 7.67.